The second-order valence-corrected chi connectivity index (χ2v) is 4.78. The summed E-state index contributed by atoms with van der Waals surface area (Å²) in [7, 11) is 3.13. The van der Waals surface area contributed by atoms with Crippen molar-refractivity contribution in [3.05, 3.63) is 44.8 Å². The highest BCUT2D eigenvalue weighted by Crippen LogP contribution is 2.29. The third kappa shape index (κ3) is 3.21. The topological polar surface area (TPSA) is 64.2 Å². The van der Waals surface area contributed by atoms with Gasteiger partial charge in [0.05, 0.1) is 25.0 Å². The van der Waals surface area contributed by atoms with Crippen LogP contribution in [0.25, 0.3) is 11.4 Å². The number of nitrogens with one attached hydrogen (secondary N) is 1. The number of aromatic amines is 1. The summed E-state index contributed by atoms with van der Waals surface area (Å²) in [5.74, 6) is 1.10. The summed E-state index contributed by atoms with van der Waals surface area (Å²) in [6.07, 6.45) is 0. The quantitative estimate of drug-likeness (QED) is 0.937. The molecule has 19 heavy (non-hydrogen) atoms. The van der Waals surface area contributed by atoms with Gasteiger partial charge in [0.25, 0.3) is 5.56 Å². The van der Waals surface area contributed by atoms with E-state index in [-0.39, 0.29) is 12.2 Å². The van der Waals surface area contributed by atoms with Gasteiger partial charge >= 0.3 is 0 Å². The molecule has 0 atom stereocenters. The highest BCUT2D eigenvalue weighted by molar-refractivity contribution is 9.10. The van der Waals surface area contributed by atoms with Crippen LogP contribution in [0.4, 0.5) is 0 Å². The molecule has 0 saturated carbocycles. The standard InChI is InChI=1S/C13H13BrN2O3/c1-18-7-9-6-12(17)16-13(15-9)10-5-8(14)3-4-11(10)19-2/h3-6H,7H2,1-2H3,(H,15,16,17). The zero-order valence-electron chi connectivity index (χ0n) is 10.6. The number of hydrogen-bond acceptors (Lipinski definition) is 4. The number of methoxy groups -OCH3 is 2. The van der Waals surface area contributed by atoms with Gasteiger partial charge in [0.1, 0.15) is 11.6 Å². The molecule has 2 aromatic rings. The smallest absolute Gasteiger partial charge is 0.251 e. The van der Waals surface area contributed by atoms with Crippen molar-refractivity contribution >= 4 is 15.9 Å². The Morgan fingerprint density at radius 3 is 2.79 bits per heavy atom. The van der Waals surface area contributed by atoms with E-state index < -0.39 is 0 Å². The molecule has 2 rings (SSSR count). The summed E-state index contributed by atoms with van der Waals surface area (Å²) in [6.45, 7) is 0.285. The van der Waals surface area contributed by atoms with Crippen LogP contribution in [-0.2, 0) is 11.3 Å². The van der Waals surface area contributed by atoms with Crippen LogP contribution in [0.3, 0.4) is 0 Å². The molecule has 100 valence electrons. The van der Waals surface area contributed by atoms with Crippen LogP contribution in [0.1, 0.15) is 5.69 Å². The third-order valence-electron chi connectivity index (χ3n) is 2.50. The van der Waals surface area contributed by atoms with Gasteiger partial charge < -0.3 is 14.5 Å². The molecule has 0 spiro atoms. The fourth-order valence-corrected chi connectivity index (χ4v) is 2.08. The average Bonchev–Trinajstić information content (AvgIpc) is 2.38. The number of hydrogen-bond donors (Lipinski definition) is 1. The monoisotopic (exact) mass is 324 g/mol. The fourth-order valence-electron chi connectivity index (χ4n) is 1.72. The summed E-state index contributed by atoms with van der Waals surface area (Å²) in [6, 6.07) is 6.92. The minimum atomic E-state index is -0.223. The number of ether oxygens (including phenoxy) is 2. The van der Waals surface area contributed by atoms with Crippen LogP contribution < -0.4 is 10.3 Å². The van der Waals surface area contributed by atoms with Gasteiger partial charge in [-0.1, -0.05) is 15.9 Å². The number of benzene rings is 1. The number of halogens is 1. The van der Waals surface area contributed by atoms with Crippen LogP contribution in [-0.4, -0.2) is 24.2 Å². The lowest BCUT2D eigenvalue weighted by atomic mass is 10.2. The minimum absolute atomic E-state index is 0.223. The van der Waals surface area contributed by atoms with E-state index in [9.17, 15) is 4.79 Å². The Bertz CT molecular complexity index is 640. The molecule has 5 nitrogen and oxygen atoms in total. The van der Waals surface area contributed by atoms with E-state index in [2.05, 4.69) is 25.9 Å². The van der Waals surface area contributed by atoms with Crippen LogP contribution in [0.15, 0.2) is 33.5 Å². The Labute approximate surface area is 118 Å². The summed E-state index contributed by atoms with van der Waals surface area (Å²) in [4.78, 5) is 18.7. The van der Waals surface area contributed by atoms with Gasteiger partial charge in [0.2, 0.25) is 0 Å². The van der Waals surface area contributed by atoms with Gasteiger partial charge in [0.15, 0.2) is 0 Å². The molecule has 1 N–H and O–H groups in total. The lowest BCUT2D eigenvalue weighted by Crippen LogP contribution is -2.11. The zero-order chi connectivity index (χ0) is 13.8. The summed E-state index contributed by atoms with van der Waals surface area (Å²) in [5, 5.41) is 0. The predicted molar refractivity (Wildman–Crippen MR) is 75.3 cm³/mol. The van der Waals surface area contributed by atoms with E-state index in [0.29, 0.717) is 22.8 Å². The Morgan fingerprint density at radius 2 is 2.11 bits per heavy atom. The van der Waals surface area contributed by atoms with Gasteiger partial charge in [-0.05, 0) is 18.2 Å². The molecule has 0 amide bonds. The normalized spacial score (nSPS) is 10.5. The molecule has 0 radical (unpaired) electrons. The number of H-pyrrole nitrogens is 1. The van der Waals surface area contributed by atoms with E-state index in [4.69, 9.17) is 9.47 Å². The van der Waals surface area contributed by atoms with Crippen molar-refractivity contribution in [2.24, 2.45) is 0 Å². The lowest BCUT2D eigenvalue weighted by molar-refractivity contribution is 0.181. The third-order valence-corrected chi connectivity index (χ3v) is 3.00. The van der Waals surface area contributed by atoms with Gasteiger partial charge in [0, 0.05) is 17.6 Å². The van der Waals surface area contributed by atoms with Crippen molar-refractivity contribution in [2.75, 3.05) is 14.2 Å². The van der Waals surface area contributed by atoms with Gasteiger partial charge in [-0.2, -0.15) is 0 Å². The highest BCUT2D eigenvalue weighted by atomic mass is 79.9. The van der Waals surface area contributed by atoms with Gasteiger partial charge in [-0.15, -0.1) is 0 Å². The second kappa shape index (κ2) is 5.99. The highest BCUT2D eigenvalue weighted by Gasteiger charge is 2.10. The van der Waals surface area contributed by atoms with Crippen molar-refractivity contribution in [3.63, 3.8) is 0 Å². The maximum Gasteiger partial charge on any atom is 0.251 e. The zero-order valence-corrected chi connectivity index (χ0v) is 12.2. The van der Waals surface area contributed by atoms with E-state index in [1.807, 2.05) is 18.2 Å². The van der Waals surface area contributed by atoms with Crippen LogP contribution >= 0.6 is 15.9 Å². The maximum absolute atomic E-state index is 11.6. The van der Waals surface area contributed by atoms with Gasteiger partial charge in [-0.3, -0.25) is 4.79 Å². The van der Waals surface area contributed by atoms with Crippen molar-refractivity contribution in [3.8, 4) is 17.1 Å². The number of rotatable bonds is 4. The van der Waals surface area contributed by atoms with Crippen molar-refractivity contribution in [1.82, 2.24) is 9.97 Å². The Hall–Kier alpha value is -1.66. The van der Waals surface area contributed by atoms with E-state index in [1.54, 1.807) is 14.2 Å². The number of nitrogens with zero attached hydrogens (tertiary/aromatic N) is 1. The average molecular weight is 325 g/mol. The molecule has 0 bridgehead atoms. The molecule has 1 aromatic carbocycles. The molecule has 0 unspecified atom stereocenters. The van der Waals surface area contributed by atoms with Crippen LogP contribution in [0.5, 0.6) is 5.75 Å². The van der Waals surface area contributed by atoms with Crippen LogP contribution in [0, 0.1) is 0 Å². The first-order valence-electron chi connectivity index (χ1n) is 5.57. The van der Waals surface area contributed by atoms with E-state index >= 15 is 0 Å². The first-order chi connectivity index (χ1) is 9.13. The molecule has 0 aliphatic carbocycles. The SMILES string of the molecule is COCc1cc(=O)[nH]c(-c2cc(Br)ccc2OC)n1. The first-order valence-corrected chi connectivity index (χ1v) is 6.36. The van der Waals surface area contributed by atoms with E-state index in [1.165, 1.54) is 6.07 Å². The summed E-state index contributed by atoms with van der Waals surface area (Å²) < 4.78 is 11.2. The summed E-state index contributed by atoms with van der Waals surface area (Å²) in [5.41, 5.74) is 1.06. The molecule has 0 aliphatic heterocycles. The predicted octanol–water partition coefficient (Wildman–Crippen LogP) is 2.35. The Kier molecular flexibility index (Phi) is 4.34. The molecule has 0 saturated heterocycles. The molecule has 0 aliphatic rings. The minimum Gasteiger partial charge on any atom is -0.496 e. The molecular formula is C13H13BrN2O3. The van der Waals surface area contributed by atoms with E-state index in [0.717, 1.165) is 4.47 Å². The van der Waals surface area contributed by atoms with Crippen LogP contribution in [0.2, 0.25) is 0 Å². The Balaban J connectivity index is 2.57. The number of aromatic nitrogens is 2. The summed E-state index contributed by atoms with van der Waals surface area (Å²) >= 11 is 3.39. The fraction of sp³-hybridized carbons (Fsp3) is 0.231. The molecule has 1 aromatic heterocycles. The van der Waals surface area contributed by atoms with Crippen molar-refractivity contribution < 1.29 is 9.47 Å². The molecule has 1 heterocycles. The molecular weight excluding hydrogens is 312 g/mol. The van der Waals surface area contributed by atoms with Crippen molar-refractivity contribution in [1.29, 1.82) is 0 Å². The Morgan fingerprint density at radius 1 is 1.32 bits per heavy atom. The largest absolute Gasteiger partial charge is 0.496 e. The molecule has 6 heteroatoms. The second-order valence-electron chi connectivity index (χ2n) is 3.86. The first kappa shape index (κ1) is 13.8. The van der Waals surface area contributed by atoms with Gasteiger partial charge in [-0.25, -0.2) is 4.98 Å². The lowest BCUT2D eigenvalue weighted by Gasteiger charge is -2.09. The maximum atomic E-state index is 11.6. The molecule has 0 fully saturated rings. The van der Waals surface area contributed by atoms with Crippen molar-refractivity contribution in [2.45, 2.75) is 6.61 Å².